The van der Waals surface area contributed by atoms with Crippen LogP contribution >= 0.6 is 27.5 Å². The third-order valence-electron chi connectivity index (χ3n) is 3.82. The first-order valence-electron chi connectivity index (χ1n) is 8.14. The molecule has 0 saturated heterocycles. The molecule has 0 aromatic heterocycles. The average Bonchev–Trinajstić information content (AvgIpc) is 2.67. The largest absolute Gasteiger partial charge is 0.506 e. The fourth-order valence-corrected chi connectivity index (χ4v) is 3.20. The SMILES string of the molecule is COc1cc(C=Nc2ccccc2O)cc(Br)c1OCc1ccccc1Cl. The van der Waals surface area contributed by atoms with E-state index in [9.17, 15) is 5.11 Å². The van der Waals surface area contributed by atoms with Gasteiger partial charge >= 0.3 is 0 Å². The minimum absolute atomic E-state index is 0.125. The molecule has 0 spiro atoms. The molecule has 6 heteroatoms. The summed E-state index contributed by atoms with van der Waals surface area (Å²) in [6, 6.07) is 18.1. The van der Waals surface area contributed by atoms with E-state index < -0.39 is 0 Å². The molecular formula is C21H17BrClNO3. The number of rotatable bonds is 6. The van der Waals surface area contributed by atoms with Gasteiger partial charge in [0.25, 0.3) is 0 Å². The lowest BCUT2D eigenvalue weighted by molar-refractivity contribution is 0.282. The van der Waals surface area contributed by atoms with Gasteiger partial charge in [0.2, 0.25) is 0 Å². The Balaban J connectivity index is 1.83. The lowest BCUT2D eigenvalue weighted by Gasteiger charge is -2.14. The summed E-state index contributed by atoms with van der Waals surface area (Å²) in [5, 5.41) is 10.5. The summed E-state index contributed by atoms with van der Waals surface area (Å²) in [6.45, 7) is 0.319. The average molecular weight is 447 g/mol. The standard InChI is InChI=1S/C21H17BrClNO3/c1-26-20-11-14(12-24-18-8-4-5-9-19(18)25)10-16(22)21(20)27-13-15-6-2-3-7-17(15)23/h2-12,25H,13H2,1H3. The second-order valence-corrected chi connectivity index (χ2v) is 6.92. The Labute approximate surface area is 171 Å². The zero-order chi connectivity index (χ0) is 19.2. The Bertz CT molecular complexity index is 975. The summed E-state index contributed by atoms with van der Waals surface area (Å²) in [6.07, 6.45) is 1.65. The molecule has 0 fully saturated rings. The smallest absolute Gasteiger partial charge is 0.175 e. The van der Waals surface area contributed by atoms with Gasteiger partial charge in [0.15, 0.2) is 11.5 Å². The summed E-state index contributed by atoms with van der Waals surface area (Å²) < 4.78 is 12.1. The second-order valence-electron chi connectivity index (χ2n) is 5.66. The highest BCUT2D eigenvalue weighted by atomic mass is 79.9. The summed E-state index contributed by atoms with van der Waals surface area (Å²) in [5.74, 6) is 1.27. The van der Waals surface area contributed by atoms with Crippen molar-refractivity contribution in [3.8, 4) is 17.2 Å². The number of methoxy groups -OCH3 is 1. The predicted octanol–water partition coefficient (Wildman–Crippen LogP) is 6.15. The predicted molar refractivity (Wildman–Crippen MR) is 112 cm³/mol. The zero-order valence-electron chi connectivity index (χ0n) is 14.5. The number of ether oxygens (including phenoxy) is 2. The first-order chi connectivity index (χ1) is 13.1. The molecule has 1 N–H and O–H groups in total. The topological polar surface area (TPSA) is 51.0 Å². The molecule has 0 aliphatic heterocycles. The van der Waals surface area contributed by atoms with Gasteiger partial charge in [0, 0.05) is 16.8 Å². The number of hydrogen-bond acceptors (Lipinski definition) is 4. The van der Waals surface area contributed by atoms with E-state index in [1.807, 2.05) is 42.5 Å². The molecule has 138 valence electrons. The Kier molecular flexibility index (Phi) is 6.37. The molecule has 4 nitrogen and oxygen atoms in total. The van der Waals surface area contributed by atoms with Crippen molar-refractivity contribution < 1.29 is 14.6 Å². The monoisotopic (exact) mass is 445 g/mol. The van der Waals surface area contributed by atoms with Crippen LogP contribution in [0.4, 0.5) is 5.69 Å². The number of hydrogen-bond donors (Lipinski definition) is 1. The number of nitrogens with zero attached hydrogens (tertiary/aromatic N) is 1. The lowest BCUT2D eigenvalue weighted by Crippen LogP contribution is -2.00. The van der Waals surface area contributed by atoms with Gasteiger partial charge in [0.1, 0.15) is 18.0 Å². The minimum atomic E-state index is 0.125. The number of phenolic OH excluding ortho intramolecular Hbond substituents is 1. The van der Waals surface area contributed by atoms with E-state index >= 15 is 0 Å². The van der Waals surface area contributed by atoms with Crippen molar-refractivity contribution in [1.82, 2.24) is 0 Å². The van der Waals surface area contributed by atoms with E-state index in [4.69, 9.17) is 21.1 Å². The molecule has 0 atom stereocenters. The third kappa shape index (κ3) is 4.81. The fraction of sp³-hybridized carbons (Fsp3) is 0.0952. The quantitative estimate of drug-likeness (QED) is 0.462. The van der Waals surface area contributed by atoms with Crippen molar-refractivity contribution in [3.05, 3.63) is 81.3 Å². The zero-order valence-corrected chi connectivity index (χ0v) is 16.9. The first-order valence-corrected chi connectivity index (χ1v) is 9.31. The molecule has 3 rings (SSSR count). The molecule has 0 bridgehead atoms. The van der Waals surface area contributed by atoms with Gasteiger partial charge in [-0.15, -0.1) is 0 Å². The summed E-state index contributed by atoms with van der Waals surface area (Å²) >= 11 is 9.70. The maximum atomic E-state index is 9.81. The maximum absolute atomic E-state index is 9.81. The van der Waals surface area contributed by atoms with Crippen LogP contribution < -0.4 is 9.47 Å². The molecule has 3 aromatic carbocycles. The van der Waals surface area contributed by atoms with Crippen LogP contribution in [0.1, 0.15) is 11.1 Å². The molecule has 0 aliphatic rings. The van der Waals surface area contributed by atoms with Crippen LogP contribution in [0.25, 0.3) is 0 Å². The summed E-state index contributed by atoms with van der Waals surface area (Å²) in [7, 11) is 1.58. The molecule has 0 amide bonds. The van der Waals surface area contributed by atoms with Gasteiger partial charge < -0.3 is 14.6 Å². The minimum Gasteiger partial charge on any atom is -0.506 e. The summed E-state index contributed by atoms with van der Waals surface area (Å²) in [5.41, 5.74) is 2.18. The number of benzene rings is 3. The molecule has 0 radical (unpaired) electrons. The lowest BCUT2D eigenvalue weighted by atomic mass is 10.2. The highest BCUT2D eigenvalue weighted by molar-refractivity contribution is 9.10. The number of para-hydroxylation sites is 2. The molecule has 0 aliphatic carbocycles. The number of phenols is 1. The first kappa shape index (κ1) is 19.3. The normalized spacial score (nSPS) is 10.9. The molecule has 3 aromatic rings. The molecule has 0 heterocycles. The fourth-order valence-electron chi connectivity index (χ4n) is 2.44. The second kappa shape index (κ2) is 8.93. The third-order valence-corrected chi connectivity index (χ3v) is 4.77. The van der Waals surface area contributed by atoms with Gasteiger partial charge in [-0.3, -0.25) is 4.99 Å². The Hall–Kier alpha value is -2.50. The van der Waals surface area contributed by atoms with Gasteiger partial charge in [-0.25, -0.2) is 0 Å². The van der Waals surface area contributed by atoms with Crippen LogP contribution in [0.2, 0.25) is 5.02 Å². The van der Waals surface area contributed by atoms with E-state index in [1.165, 1.54) is 0 Å². The van der Waals surface area contributed by atoms with Gasteiger partial charge in [0.05, 0.1) is 11.6 Å². The Morgan fingerprint density at radius 3 is 2.59 bits per heavy atom. The van der Waals surface area contributed by atoms with E-state index in [-0.39, 0.29) is 5.75 Å². The van der Waals surface area contributed by atoms with Crippen LogP contribution in [-0.4, -0.2) is 18.4 Å². The highest BCUT2D eigenvalue weighted by Gasteiger charge is 2.12. The van der Waals surface area contributed by atoms with Crippen molar-refractivity contribution in [3.63, 3.8) is 0 Å². The molecular weight excluding hydrogens is 430 g/mol. The van der Waals surface area contributed by atoms with E-state index in [0.29, 0.717) is 28.8 Å². The van der Waals surface area contributed by atoms with E-state index in [2.05, 4.69) is 20.9 Å². The van der Waals surface area contributed by atoms with Crippen molar-refractivity contribution in [2.75, 3.05) is 7.11 Å². The number of aliphatic imine (C=N–C) groups is 1. The number of aromatic hydroxyl groups is 1. The van der Waals surface area contributed by atoms with Crippen LogP contribution in [0.5, 0.6) is 17.2 Å². The van der Waals surface area contributed by atoms with Crippen LogP contribution in [0.15, 0.2) is 70.1 Å². The van der Waals surface area contributed by atoms with Crippen LogP contribution in [0.3, 0.4) is 0 Å². The van der Waals surface area contributed by atoms with Crippen molar-refractivity contribution >= 4 is 39.4 Å². The Morgan fingerprint density at radius 2 is 1.85 bits per heavy atom. The van der Waals surface area contributed by atoms with Gasteiger partial charge in [-0.05, 0) is 51.8 Å². The van der Waals surface area contributed by atoms with E-state index in [1.54, 1.807) is 31.5 Å². The number of halogens is 2. The van der Waals surface area contributed by atoms with Crippen LogP contribution in [0, 0.1) is 0 Å². The molecule has 27 heavy (non-hydrogen) atoms. The highest BCUT2D eigenvalue weighted by Crippen LogP contribution is 2.37. The summed E-state index contributed by atoms with van der Waals surface area (Å²) in [4.78, 5) is 4.32. The van der Waals surface area contributed by atoms with Gasteiger partial charge in [-0.1, -0.05) is 41.9 Å². The van der Waals surface area contributed by atoms with E-state index in [0.717, 1.165) is 15.6 Å². The van der Waals surface area contributed by atoms with Crippen molar-refractivity contribution in [2.24, 2.45) is 4.99 Å². The van der Waals surface area contributed by atoms with Crippen molar-refractivity contribution in [1.29, 1.82) is 0 Å². The maximum Gasteiger partial charge on any atom is 0.175 e. The molecule has 0 saturated carbocycles. The molecule has 0 unspecified atom stereocenters. The van der Waals surface area contributed by atoms with Crippen molar-refractivity contribution in [2.45, 2.75) is 6.61 Å². The van der Waals surface area contributed by atoms with Gasteiger partial charge in [-0.2, -0.15) is 0 Å². The van der Waals surface area contributed by atoms with Crippen LogP contribution in [-0.2, 0) is 6.61 Å². The Morgan fingerprint density at radius 1 is 1.11 bits per heavy atom.